The minimum Gasteiger partial charge on any atom is -0.445 e. The van der Waals surface area contributed by atoms with Crippen molar-refractivity contribution < 1.29 is 47.8 Å². The van der Waals surface area contributed by atoms with Crippen LogP contribution in [0.5, 0.6) is 0 Å². The number of nitrogens with two attached hydrogens (primary N) is 1. The fourth-order valence-corrected chi connectivity index (χ4v) is 4.64. The van der Waals surface area contributed by atoms with E-state index < -0.39 is 63.0 Å². The van der Waals surface area contributed by atoms with E-state index in [0.29, 0.717) is 0 Å². The summed E-state index contributed by atoms with van der Waals surface area (Å²) in [6.45, 7) is 2.36. The second kappa shape index (κ2) is 12.2. The number of aliphatic hydroxyl groups is 2. The van der Waals surface area contributed by atoms with Crippen molar-refractivity contribution >= 4 is 36.9 Å². The van der Waals surface area contributed by atoms with E-state index in [2.05, 4.69) is 24.8 Å². The molecule has 16 nitrogen and oxygen atoms in total. The number of carbonyl (C=O) groups is 2. The molecule has 0 aliphatic carbocycles. The Hall–Kier alpha value is -3.66. The summed E-state index contributed by atoms with van der Waals surface area (Å²) >= 11 is 0. The number of carbonyl (C=O) groups excluding carboxylic acids is 2. The Morgan fingerprint density at radius 2 is 1.90 bits per heavy atom. The first-order valence-corrected chi connectivity index (χ1v) is 13.6. The molecule has 1 aromatic carbocycles. The quantitative estimate of drug-likeness (QED) is 0.207. The molecule has 4 rings (SSSR count). The molecule has 1 fully saturated rings. The minimum absolute atomic E-state index is 0.0557. The largest absolute Gasteiger partial charge is 0.529 e. The predicted molar refractivity (Wildman–Crippen MR) is 136 cm³/mol. The number of phosphoric ester groups is 1. The lowest BCUT2D eigenvalue weighted by Gasteiger charge is -2.22. The van der Waals surface area contributed by atoms with Crippen LogP contribution in [0.3, 0.4) is 0 Å². The fourth-order valence-electron chi connectivity index (χ4n) is 3.91. The van der Waals surface area contributed by atoms with Crippen molar-refractivity contribution in [3.8, 4) is 0 Å². The van der Waals surface area contributed by atoms with Crippen LogP contribution in [0.25, 0.3) is 11.2 Å². The molecule has 2 aromatic heterocycles. The maximum absolute atomic E-state index is 12.6. The number of aliphatic hydroxyl groups excluding tert-OH is 2. The predicted octanol–water partition coefficient (Wildman–Crippen LogP) is 0.639. The molecule has 3 aromatic rings. The summed E-state index contributed by atoms with van der Waals surface area (Å²) < 4.78 is 34.1. The number of hydrogen-bond donors (Lipinski definition) is 5. The summed E-state index contributed by atoms with van der Waals surface area (Å²) in [7, 11) is -5.04. The topological polar surface area (TPSA) is 230 Å². The lowest BCUT2D eigenvalue weighted by molar-refractivity contribution is -0.139. The van der Waals surface area contributed by atoms with Gasteiger partial charge in [-0.05, 0) is 11.5 Å². The molecule has 40 heavy (non-hydrogen) atoms. The van der Waals surface area contributed by atoms with Gasteiger partial charge in [-0.15, -0.1) is 0 Å². The van der Waals surface area contributed by atoms with Crippen LogP contribution in [0, 0.1) is 5.92 Å². The molecular formula is C23H29N6O10P. The summed E-state index contributed by atoms with van der Waals surface area (Å²) in [6, 6.07) is 7.49. The lowest BCUT2D eigenvalue weighted by atomic mass is 10.1. The van der Waals surface area contributed by atoms with E-state index >= 15 is 0 Å². The molecule has 6 atom stereocenters. The lowest BCUT2D eigenvalue weighted by Crippen LogP contribution is -2.45. The highest BCUT2D eigenvalue weighted by Crippen LogP contribution is 2.45. The summed E-state index contributed by atoms with van der Waals surface area (Å²) in [4.78, 5) is 46.9. The van der Waals surface area contributed by atoms with Gasteiger partial charge < -0.3 is 35.3 Å². The van der Waals surface area contributed by atoms with Gasteiger partial charge in [0.05, 0.1) is 12.9 Å². The van der Waals surface area contributed by atoms with Crippen LogP contribution in [0.1, 0.15) is 25.6 Å². The van der Waals surface area contributed by atoms with E-state index in [1.807, 2.05) is 0 Å². The van der Waals surface area contributed by atoms with Crippen LogP contribution in [-0.4, -0.2) is 77.6 Å². The van der Waals surface area contributed by atoms with Gasteiger partial charge in [-0.2, -0.15) is 0 Å². The van der Waals surface area contributed by atoms with Crippen LogP contribution in [0.4, 0.5) is 10.6 Å². The highest BCUT2D eigenvalue weighted by Gasteiger charge is 2.46. The maximum atomic E-state index is 12.6. The second-order valence-corrected chi connectivity index (χ2v) is 10.6. The van der Waals surface area contributed by atoms with Gasteiger partial charge >= 0.3 is 19.9 Å². The molecule has 0 radical (unpaired) electrons. The average molecular weight is 580 g/mol. The Labute approximate surface area is 227 Å². The van der Waals surface area contributed by atoms with Gasteiger partial charge in [-0.1, -0.05) is 44.2 Å². The minimum atomic E-state index is -5.04. The van der Waals surface area contributed by atoms with Gasteiger partial charge in [0.1, 0.15) is 42.8 Å². The molecule has 3 heterocycles. The molecule has 0 spiro atoms. The first-order chi connectivity index (χ1) is 19.0. The van der Waals surface area contributed by atoms with Crippen molar-refractivity contribution in [2.24, 2.45) is 5.92 Å². The van der Waals surface area contributed by atoms with E-state index in [1.165, 1.54) is 17.2 Å². The smallest absolute Gasteiger partial charge is 0.445 e. The Kier molecular flexibility index (Phi) is 8.98. The molecule has 17 heteroatoms. The number of aromatic nitrogens is 4. The van der Waals surface area contributed by atoms with Crippen LogP contribution in [0.2, 0.25) is 0 Å². The number of hydrogen-bond acceptors (Lipinski definition) is 13. The van der Waals surface area contributed by atoms with E-state index in [9.17, 15) is 29.3 Å². The molecule has 1 unspecified atom stereocenters. The summed E-state index contributed by atoms with van der Waals surface area (Å²) in [6.07, 6.45) is -4.02. The third kappa shape index (κ3) is 6.72. The van der Waals surface area contributed by atoms with Crippen LogP contribution >= 0.6 is 7.82 Å². The first kappa shape index (κ1) is 29.3. The number of amides is 1. The van der Waals surface area contributed by atoms with Crippen molar-refractivity contribution in [3.63, 3.8) is 0 Å². The Balaban J connectivity index is 1.33. The van der Waals surface area contributed by atoms with Gasteiger partial charge in [0.2, 0.25) is 0 Å². The second-order valence-electron chi connectivity index (χ2n) is 9.23. The Bertz CT molecular complexity index is 1390. The van der Waals surface area contributed by atoms with Crippen molar-refractivity contribution in [2.75, 3.05) is 12.3 Å². The SMILES string of the molecule is CC(C)[C@H](NC(=O)OCc1ccccc1)C(=O)OP(=O)(O)OC[C@H]1O[C@@H](n2cnc3c(N)ncnc32)[C@H](O)[C@@H]1O. The number of nitrogen functional groups attached to an aromatic ring is 1. The Morgan fingerprint density at radius 3 is 2.60 bits per heavy atom. The third-order valence-electron chi connectivity index (χ3n) is 6.01. The van der Waals surface area contributed by atoms with Crippen LogP contribution in [0.15, 0.2) is 43.0 Å². The molecule has 0 bridgehead atoms. The van der Waals surface area contributed by atoms with E-state index in [4.69, 9.17) is 19.7 Å². The van der Waals surface area contributed by atoms with Gasteiger partial charge in [0, 0.05) is 0 Å². The normalized spacial score (nSPS) is 23.1. The number of phosphoric acid groups is 1. The first-order valence-electron chi connectivity index (χ1n) is 12.1. The van der Waals surface area contributed by atoms with Gasteiger partial charge in [-0.25, -0.2) is 29.1 Å². The average Bonchev–Trinajstić information content (AvgIpc) is 3.46. The summed E-state index contributed by atoms with van der Waals surface area (Å²) in [5.74, 6) is -1.70. The number of rotatable bonds is 10. The highest BCUT2D eigenvalue weighted by atomic mass is 31.2. The maximum Gasteiger partial charge on any atom is 0.529 e. The monoisotopic (exact) mass is 580 g/mol. The highest BCUT2D eigenvalue weighted by molar-refractivity contribution is 7.48. The Morgan fingerprint density at radius 1 is 1.18 bits per heavy atom. The fraction of sp³-hybridized carbons (Fsp3) is 0.435. The molecule has 1 saturated heterocycles. The number of fused-ring (bicyclic) bond motifs is 1. The van der Waals surface area contributed by atoms with Crippen LogP contribution < -0.4 is 11.1 Å². The summed E-state index contributed by atoms with van der Waals surface area (Å²) in [5, 5.41) is 23.3. The molecule has 1 amide bonds. The number of imidazole rings is 1. The van der Waals surface area contributed by atoms with Crippen LogP contribution in [-0.2, 0) is 34.5 Å². The van der Waals surface area contributed by atoms with Gasteiger partial charge in [0.25, 0.3) is 0 Å². The zero-order valence-corrected chi connectivity index (χ0v) is 22.3. The van der Waals surface area contributed by atoms with E-state index in [1.54, 1.807) is 44.2 Å². The molecular weight excluding hydrogens is 551 g/mol. The number of ether oxygens (including phenoxy) is 2. The summed E-state index contributed by atoms with van der Waals surface area (Å²) in [5.41, 5.74) is 6.96. The number of benzene rings is 1. The van der Waals surface area contributed by atoms with E-state index in [0.717, 1.165) is 5.56 Å². The van der Waals surface area contributed by atoms with E-state index in [-0.39, 0.29) is 23.6 Å². The number of alkyl carbamates (subject to hydrolysis) is 1. The third-order valence-corrected chi connectivity index (χ3v) is 6.90. The molecule has 216 valence electrons. The molecule has 1 aliphatic rings. The number of anilines is 1. The van der Waals surface area contributed by atoms with Crippen molar-refractivity contribution in [3.05, 3.63) is 48.5 Å². The van der Waals surface area contributed by atoms with Crippen molar-refractivity contribution in [1.82, 2.24) is 24.8 Å². The zero-order chi connectivity index (χ0) is 29.0. The molecule has 6 N–H and O–H groups in total. The molecule has 1 aliphatic heterocycles. The standard InChI is InChI=1S/C23H29N6O10P/c1-12(2)15(28-23(33)36-8-13-6-4-3-5-7-13)22(32)39-40(34,35)37-9-14-17(30)18(31)21(38-14)29-11-27-16-19(24)25-10-26-20(16)29/h3-7,10-12,14-15,17-18,21,30-31H,8-9H2,1-2H3,(H,28,33)(H,34,35)(H2,24,25,26)/t14-,15+,17-,18-,21-/m1/s1. The number of nitrogens with zero attached hydrogens (tertiary/aromatic N) is 4. The van der Waals surface area contributed by atoms with Gasteiger partial charge in [0.15, 0.2) is 17.7 Å². The van der Waals surface area contributed by atoms with Gasteiger partial charge in [-0.3, -0.25) is 14.0 Å². The number of nitrogens with one attached hydrogen (secondary N) is 1. The zero-order valence-electron chi connectivity index (χ0n) is 21.4. The van der Waals surface area contributed by atoms with Crippen molar-refractivity contribution in [1.29, 1.82) is 0 Å². The molecule has 0 saturated carbocycles. The van der Waals surface area contributed by atoms with Crippen molar-refractivity contribution in [2.45, 2.75) is 51.0 Å².